The fourth-order valence-electron chi connectivity index (χ4n) is 7.70. The molecule has 194 valence electrons. The highest BCUT2D eigenvalue weighted by Crippen LogP contribution is 2.70. The monoisotopic (exact) mass is 495 g/mol. The number of Topliss-reactive ketones (excluding diaryl/α,β-unsaturated/α-hetero) is 1. The van der Waals surface area contributed by atoms with Gasteiger partial charge in [-0.2, -0.15) is 0 Å². The number of hydrazine groups is 1. The van der Waals surface area contributed by atoms with Crippen molar-refractivity contribution in [1.29, 1.82) is 0 Å². The summed E-state index contributed by atoms with van der Waals surface area (Å²) >= 11 is 0. The highest BCUT2D eigenvalue weighted by Gasteiger charge is 2.74. The maximum Gasteiger partial charge on any atom is 0.153 e. The van der Waals surface area contributed by atoms with E-state index in [1.807, 2.05) is 25.1 Å². The van der Waals surface area contributed by atoms with Crippen molar-refractivity contribution in [2.75, 3.05) is 13.7 Å². The number of rotatable bonds is 5. The second kappa shape index (κ2) is 8.18. The molecule has 0 amide bonds. The van der Waals surface area contributed by atoms with Crippen molar-refractivity contribution in [3.63, 3.8) is 0 Å². The van der Waals surface area contributed by atoms with Gasteiger partial charge in [-0.15, -0.1) is 0 Å². The molecule has 0 heterocycles. The summed E-state index contributed by atoms with van der Waals surface area (Å²) in [4.78, 5) is 14.3. The molecule has 4 aliphatic carbocycles. The molecule has 1 spiro atoms. The Balaban J connectivity index is 1.61. The number of aliphatic hydroxyl groups is 3. The number of allylic oxidation sites excluding steroid dienone is 1. The zero-order valence-electron chi connectivity index (χ0n) is 21.3. The average Bonchev–Trinajstić information content (AvgIpc) is 3.35. The molecule has 5 rings (SSSR count). The van der Waals surface area contributed by atoms with Crippen LogP contribution in [0.1, 0.15) is 39.2 Å². The summed E-state index contributed by atoms with van der Waals surface area (Å²) in [6.07, 6.45) is 4.70. The highest BCUT2D eigenvalue weighted by atomic mass is 16.5. The van der Waals surface area contributed by atoms with Gasteiger partial charge in [-0.3, -0.25) is 4.79 Å². The number of benzene rings is 1. The van der Waals surface area contributed by atoms with E-state index in [1.165, 1.54) is 11.2 Å². The fraction of sp³-hybridized carbons (Fsp3) is 0.536. The molecule has 8 nitrogen and oxygen atoms in total. The summed E-state index contributed by atoms with van der Waals surface area (Å²) in [5.41, 5.74) is 4.94. The molecule has 0 aromatic heterocycles. The second-order valence-corrected chi connectivity index (χ2v) is 11.5. The number of ketones is 1. The summed E-state index contributed by atoms with van der Waals surface area (Å²) in [6, 6.07) is 6.29. The summed E-state index contributed by atoms with van der Waals surface area (Å²) in [6.45, 7) is 5.68. The Morgan fingerprint density at radius 2 is 2.00 bits per heavy atom. The minimum absolute atomic E-state index is 0.00495. The third kappa shape index (κ3) is 3.11. The molecular formula is C28H37N3O5. The standard InChI is InChI=1S/C28H37N3O5/c1-15-12-27-10-9-19-22(26(19,2)3)18(25(27)34)11-16(14-32)24(33)28(27,35)23(15)31(30)13-20(29)17-7-5-6-8-21(17)36-4/h5-8,11-13,18-19,22-24,32-33,35H,9-10,14,29-30H2,1-4H3/b20-13-. The van der Waals surface area contributed by atoms with Crippen LogP contribution in [0.15, 0.2) is 53.8 Å². The summed E-state index contributed by atoms with van der Waals surface area (Å²) < 4.78 is 5.41. The molecule has 7 unspecified atom stereocenters. The van der Waals surface area contributed by atoms with Crippen molar-refractivity contribution < 1.29 is 24.9 Å². The van der Waals surface area contributed by atoms with Gasteiger partial charge < -0.3 is 30.8 Å². The van der Waals surface area contributed by atoms with Gasteiger partial charge in [0, 0.05) is 17.7 Å². The van der Waals surface area contributed by atoms with Crippen molar-refractivity contribution in [1.82, 2.24) is 5.01 Å². The molecule has 1 aromatic rings. The molecule has 0 radical (unpaired) electrons. The SMILES string of the molecule is COc1ccccc1/C(N)=C/N(N)C1C(C)=CC23CCC4C(C(C=C(CO)C(O)C12O)C3=O)C4(C)C. The number of hydrogen-bond donors (Lipinski definition) is 5. The van der Waals surface area contributed by atoms with Gasteiger partial charge in [-0.1, -0.05) is 38.1 Å². The quantitative estimate of drug-likeness (QED) is 0.236. The van der Waals surface area contributed by atoms with Crippen LogP contribution < -0.4 is 16.3 Å². The second-order valence-electron chi connectivity index (χ2n) is 11.5. The maximum atomic E-state index is 14.3. The molecule has 36 heavy (non-hydrogen) atoms. The lowest BCUT2D eigenvalue weighted by Crippen LogP contribution is -2.67. The van der Waals surface area contributed by atoms with Crippen molar-refractivity contribution in [2.24, 2.45) is 40.2 Å². The highest BCUT2D eigenvalue weighted by molar-refractivity contribution is 5.95. The first-order chi connectivity index (χ1) is 17.0. The lowest BCUT2D eigenvalue weighted by Gasteiger charge is -2.48. The summed E-state index contributed by atoms with van der Waals surface area (Å²) in [5.74, 6) is 6.98. The number of carbonyl (C=O) groups excluding carboxylic acids is 1. The predicted molar refractivity (Wildman–Crippen MR) is 136 cm³/mol. The number of ether oxygens (including phenoxy) is 1. The van der Waals surface area contributed by atoms with Crippen LogP contribution in [0.5, 0.6) is 5.75 Å². The lowest BCUT2D eigenvalue weighted by atomic mass is 9.63. The number of nitrogens with two attached hydrogens (primary N) is 2. The van der Waals surface area contributed by atoms with E-state index in [9.17, 15) is 20.1 Å². The third-order valence-electron chi connectivity index (χ3n) is 9.50. The number of methoxy groups -OCH3 is 1. The van der Waals surface area contributed by atoms with Crippen molar-refractivity contribution in [3.8, 4) is 5.75 Å². The van der Waals surface area contributed by atoms with E-state index in [2.05, 4.69) is 13.8 Å². The number of fused-ring (bicyclic) bond motifs is 3. The molecule has 0 aliphatic heterocycles. The number of nitrogens with zero attached hydrogens (tertiary/aromatic N) is 1. The van der Waals surface area contributed by atoms with Crippen molar-refractivity contribution >= 4 is 11.5 Å². The van der Waals surface area contributed by atoms with Gasteiger partial charge in [0.15, 0.2) is 5.78 Å². The molecular weight excluding hydrogens is 458 g/mol. The Morgan fingerprint density at radius 3 is 2.67 bits per heavy atom. The Labute approximate surface area is 211 Å². The molecule has 4 aliphatic rings. The smallest absolute Gasteiger partial charge is 0.153 e. The minimum Gasteiger partial charge on any atom is -0.496 e. The van der Waals surface area contributed by atoms with Gasteiger partial charge in [-0.25, -0.2) is 5.84 Å². The Morgan fingerprint density at radius 1 is 1.31 bits per heavy atom. The third-order valence-corrected chi connectivity index (χ3v) is 9.50. The molecule has 2 bridgehead atoms. The van der Waals surface area contributed by atoms with Gasteiger partial charge in [0.05, 0.1) is 30.9 Å². The van der Waals surface area contributed by atoms with Crippen LogP contribution in [0.4, 0.5) is 0 Å². The van der Waals surface area contributed by atoms with E-state index >= 15 is 0 Å². The first-order valence-corrected chi connectivity index (χ1v) is 12.5. The van der Waals surface area contributed by atoms with Gasteiger partial charge in [0.1, 0.15) is 17.5 Å². The largest absolute Gasteiger partial charge is 0.496 e. The van der Waals surface area contributed by atoms with Crippen LogP contribution in [-0.4, -0.2) is 57.6 Å². The minimum atomic E-state index is -1.98. The normalized spacial score (nSPS) is 38.7. The van der Waals surface area contributed by atoms with Crippen LogP contribution in [0, 0.1) is 28.6 Å². The van der Waals surface area contributed by atoms with Gasteiger partial charge >= 0.3 is 0 Å². The van der Waals surface area contributed by atoms with E-state index in [0.717, 1.165) is 6.42 Å². The molecule has 8 heteroatoms. The topological polar surface area (TPSA) is 142 Å². The first-order valence-electron chi connectivity index (χ1n) is 12.5. The Kier molecular flexibility index (Phi) is 5.68. The zero-order valence-corrected chi connectivity index (χ0v) is 21.3. The molecule has 0 saturated heterocycles. The molecule has 2 saturated carbocycles. The average molecular weight is 496 g/mol. The van der Waals surface area contributed by atoms with Gasteiger partial charge in [0.2, 0.25) is 0 Å². The Bertz CT molecular complexity index is 1190. The van der Waals surface area contributed by atoms with Crippen molar-refractivity contribution in [3.05, 3.63) is 59.3 Å². The molecule has 7 N–H and O–H groups in total. The van der Waals surface area contributed by atoms with E-state index in [-0.39, 0.29) is 22.7 Å². The predicted octanol–water partition coefficient (Wildman–Crippen LogP) is 1.72. The van der Waals surface area contributed by atoms with E-state index < -0.39 is 35.7 Å². The van der Waals surface area contributed by atoms with Crippen LogP contribution in [0.3, 0.4) is 0 Å². The number of para-hydroxylation sites is 1. The summed E-state index contributed by atoms with van der Waals surface area (Å²) in [5, 5.41) is 35.6. The van der Waals surface area contributed by atoms with E-state index in [0.29, 0.717) is 34.9 Å². The van der Waals surface area contributed by atoms with Gasteiger partial charge in [0.25, 0.3) is 0 Å². The van der Waals surface area contributed by atoms with Crippen molar-refractivity contribution in [2.45, 2.75) is 51.4 Å². The molecule has 7 atom stereocenters. The molecule has 2 fully saturated rings. The number of carbonyl (C=O) groups is 1. The number of hydrogen-bond acceptors (Lipinski definition) is 8. The van der Waals surface area contributed by atoms with Crippen LogP contribution >= 0.6 is 0 Å². The zero-order chi connectivity index (χ0) is 26.2. The van der Waals surface area contributed by atoms with E-state index in [1.54, 1.807) is 25.3 Å². The van der Waals surface area contributed by atoms with Gasteiger partial charge in [-0.05, 0) is 60.3 Å². The fourth-order valence-corrected chi connectivity index (χ4v) is 7.70. The Hall–Kier alpha value is -2.65. The lowest BCUT2D eigenvalue weighted by molar-refractivity contribution is -0.169. The van der Waals surface area contributed by atoms with Crippen LogP contribution in [0.2, 0.25) is 0 Å². The van der Waals surface area contributed by atoms with Crippen LogP contribution in [0.25, 0.3) is 5.70 Å². The van der Waals surface area contributed by atoms with E-state index in [4.69, 9.17) is 16.3 Å². The van der Waals surface area contributed by atoms with Crippen LogP contribution in [-0.2, 0) is 4.79 Å². The first kappa shape index (κ1) is 25.0. The number of aliphatic hydroxyl groups excluding tert-OH is 2. The summed E-state index contributed by atoms with van der Waals surface area (Å²) in [7, 11) is 1.55. The molecule has 1 aromatic carbocycles. The maximum absolute atomic E-state index is 14.3.